The highest BCUT2D eigenvalue weighted by atomic mass is 16.5. The molecule has 2 aromatic rings. The molecule has 0 aliphatic carbocycles. The number of carboxylic acid groups (broad SMARTS) is 1. The summed E-state index contributed by atoms with van der Waals surface area (Å²) in [5.41, 5.74) is 1.20. The lowest BCUT2D eigenvalue weighted by molar-refractivity contribution is -0.149. The zero-order chi connectivity index (χ0) is 13.1. The standard InChI is InChI=1S/C13H14O5/c1-2-17-11(13(15)16)7-8-3-4-10(14)9-5-6-18-12(8)9/h3-6,11,14H,2,7H2,1H3,(H,15,16). The summed E-state index contributed by atoms with van der Waals surface area (Å²) >= 11 is 0. The highest BCUT2D eigenvalue weighted by molar-refractivity contribution is 5.87. The summed E-state index contributed by atoms with van der Waals surface area (Å²) in [5.74, 6) is -0.893. The van der Waals surface area contributed by atoms with Crippen LogP contribution in [0.3, 0.4) is 0 Å². The van der Waals surface area contributed by atoms with Gasteiger partial charge in [0.25, 0.3) is 0 Å². The molecule has 5 heteroatoms. The van der Waals surface area contributed by atoms with E-state index in [0.29, 0.717) is 23.1 Å². The molecular formula is C13H14O5. The van der Waals surface area contributed by atoms with Crippen LogP contribution >= 0.6 is 0 Å². The number of ether oxygens (including phenoxy) is 1. The largest absolute Gasteiger partial charge is 0.507 e. The first-order valence-electron chi connectivity index (χ1n) is 5.66. The third-order valence-corrected chi connectivity index (χ3v) is 2.72. The first-order valence-corrected chi connectivity index (χ1v) is 5.66. The highest BCUT2D eigenvalue weighted by Crippen LogP contribution is 2.29. The van der Waals surface area contributed by atoms with Crippen molar-refractivity contribution in [3.05, 3.63) is 30.0 Å². The maximum absolute atomic E-state index is 11.0. The van der Waals surface area contributed by atoms with Crippen LogP contribution in [0.5, 0.6) is 5.75 Å². The number of fused-ring (bicyclic) bond motifs is 1. The summed E-state index contributed by atoms with van der Waals surface area (Å²) in [6.45, 7) is 2.07. The Balaban J connectivity index is 2.33. The molecule has 18 heavy (non-hydrogen) atoms. The normalized spacial score (nSPS) is 12.7. The Morgan fingerprint density at radius 2 is 2.22 bits per heavy atom. The summed E-state index contributed by atoms with van der Waals surface area (Å²) in [5, 5.41) is 19.2. The molecule has 0 amide bonds. The van der Waals surface area contributed by atoms with Gasteiger partial charge in [0.05, 0.1) is 11.6 Å². The van der Waals surface area contributed by atoms with Crippen LogP contribution in [-0.2, 0) is 16.0 Å². The Morgan fingerprint density at radius 1 is 1.44 bits per heavy atom. The maximum Gasteiger partial charge on any atom is 0.333 e. The summed E-state index contributed by atoms with van der Waals surface area (Å²) in [6, 6.07) is 4.82. The number of phenolic OH excluding ortho intramolecular Hbond substituents is 1. The number of aromatic hydroxyl groups is 1. The van der Waals surface area contributed by atoms with E-state index in [9.17, 15) is 9.90 Å². The van der Waals surface area contributed by atoms with Crippen LogP contribution in [0.1, 0.15) is 12.5 Å². The summed E-state index contributed by atoms with van der Waals surface area (Å²) in [6.07, 6.45) is 0.755. The molecule has 0 saturated heterocycles. The molecule has 2 rings (SSSR count). The van der Waals surface area contributed by atoms with Crippen LogP contribution < -0.4 is 0 Å². The summed E-state index contributed by atoms with van der Waals surface area (Å²) in [4.78, 5) is 11.0. The van der Waals surface area contributed by atoms with Crippen molar-refractivity contribution in [3.8, 4) is 5.75 Å². The number of aliphatic carboxylic acids is 1. The summed E-state index contributed by atoms with van der Waals surface area (Å²) < 4.78 is 10.4. The fourth-order valence-electron chi connectivity index (χ4n) is 1.88. The van der Waals surface area contributed by atoms with Gasteiger partial charge in [-0.3, -0.25) is 0 Å². The van der Waals surface area contributed by atoms with Crippen molar-refractivity contribution in [2.45, 2.75) is 19.4 Å². The molecule has 0 bridgehead atoms. The van der Waals surface area contributed by atoms with Gasteiger partial charge in [-0.1, -0.05) is 6.07 Å². The first-order chi connectivity index (χ1) is 8.63. The topological polar surface area (TPSA) is 79.9 Å². The number of hydrogen-bond acceptors (Lipinski definition) is 4. The molecule has 1 heterocycles. The van der Waals surface area contributed by atoms with Crippen LogP contribution in [0.15, 0.2) is 28.9 Å². The van der Waals surface area contributed by atoms with Gasteiger partial charge in [0.2, 0.25) is 0 Å². The third kappa shape index (κ3) is 2.31. The lowest BCUT2D eigenvalue weighted by Crippen LogP contribution is -2.26. The lowest BCUT2D eigenvalue weighted by Gasteiger charge is -2.12. The van der Waals surface area contributed by atoms with E-state index in [1.807, 2.05) is 0 Å². The van der Waals surface area contributed by atoms with E-state index in [0.717, 1.165) is 0 Å². The van der Waals surface area contributed by atoms with Gasteiger partial charge in [0.1, 0.15) is 11.3 Å². The third-order valence-electron chi connectivity index (χ3n) is 2.72. The van der Waals surface area contributed by atoms with Crippen LogP contribution in [0.4, 0.5) is 0 Å². The van der Waals surface area contributed by atoms with Crippen molar-refractivity contribution in [1.29, 1.82) is 0 Å². The van der Waals surface area contributed by atoms with Gasteiger partial charge < -0.3 is 19.4 Å². The number of furan rings is 1. The van der Waals surface area contributed by atoms with E-state index in [1.54, 1.807) is 19.1 Å². The van der Waals surface area contributed by atoms with Crippen molar-refractivity contribution < 1.29 is 24.2 Å². The Labute approximate surface area is 104 Å². The minimum atomic E-state index is -1.01. The molecule has 0 radical (unpaired) electrons. The van der Waals surface area contributed by atoms with Crippen LogP contribution in [0.25, 0.3) is 11.0 Å². The molecular weight excluding hydrogens is 236 g/mol. The van der Waals surface area contributed by atoms with E-state index in [4.69, 9.17) is 14.3 Å². The fourth-order valence-corrected chi connectivity index (χ4v) is 1.88. The van der Waals surface area contributed by atoms with Gasteiger partial charge in [-0.15, -0.1) is 0 Å². The molecule has 1 aromatic heterocycles. The highest BCUT2D eigenvalue weighted by Gasteiger charge is 2.20. The predicted octanol–water partition coefficient (Wildman–Crippen LogP) is 2.17. The molecule has 0 fully saturated rings. The van der Waals surface area contributed by atoms with Crippen LogP contribution in [0, 0.1) is 0 Å². The average molecular weight is 250 g/mol. The molecule has 0 spiro atoms. The number of rotatable bonds is 5. The number of carbonyl (C=O) groups is 1. The molecule has 5 nitrogen and oxygen atoms in total. The van der Waals surface area contributed by atoms with Gasteiger partial charge >= 0.3 is 5.97 Å². The van der Waals surface area contributed by atoms with E-state index in [-0.39, 0.29) is 12.2 Å². The maximum atomic E-state index is 11.0. The van der Waals surface area contributed by atoms with Crippen molar-refractivity contribution in [2.75, 3.05) is 6.61 Å². The van der Waals surface area contributed by atoms with Gasteiger partial charge in [0.15, 0.2) is 6.10 Å². The van der Waals surface area contributed by atoms with Gasteiger partial charge in [-0.2, -0.15) is 0 Å². The quantitative estimate of drug-likeness (QED) is 0.850. The second-order valence-corrected chi connectivity index (χ2v) is 3.89. The minimum Gasteiger partial charge on any atom is -0.507 e. The number of benzene rings is 1. The zero-order valence-electron chi connectivity index (χ0n) is 9.92. The van der Waals surface area contributed by atoms with Gasteiger partial charge in [-0.25, -0.2) is 4.79 Å². The monoisotopic (exact) mass is 250 g/mol. The van der Waals surface area contributed by atoms with Gasteiger partial charge in [-0.05, 0) is 24.6 Å². The molecule has 2 N–H and O–H groups in total. The Bertz CT molecular complexity index is 558. The van der Waals surface area contributed by atoms with E-state index < -0.39 is 12.1 Å². The van der Waals surface area contributed by atoms with Crippen LogP contribution in [-0.4, -0.2) is 28.9 Å². The molecule has 0 saturated carbocycles. The van der Waals surface area contributed by atoms with Crippen molar-refractivity contribution in [3.63, 3.8) is 0 Å². The first kappa shape index (κ1) is 12.4. The Morgan fingerprint density at radius 3 is 2.89 bits per heavy atom. The smallest absolute Gasteiger partial charge is 0.333 e. The second kappa shape index (κ2) is 5.10. The zero-order valence-corrected chi connectivity index (χ0v) is 9.92. The van der Waals surface area contributed by atoms with E-state index in [1.165, 1.54) is 12.3 Å². The number of carboxylic acids is 1. The Hall–Kier alpha value is -2.01. The predicted molar refractivity (Wildman–Crippen MR) is 64.6 cm³/mol. The fraction of sp³-hybridized carbons (Fsp3) is 0.308. The minimum absolute atomic E-state index is 0.116. The molecule has 1 atom stereocenters. The van der Waals surface area contributed by atoms with Crippen molar-refractivity contribution in [2.24, 2.45) is 0 Å². The number of hydrogen-bond donors (Lipinski definition) is 2. The van der Waals surface area contributed by atoms with Crippen molar-refractivity contribution >= 4 is 16.9 Å². The van der Waals surface area contributed by atoms with E-state index >= 15 is 0 Å². The molecule has 1 unspecified atom stereocenters. The molecule has 1 aromatic carbocycles. The van der Waals surface area contributed by atoms with E-state index in [2.05, 4.69) is 0 Å². The molecule has 0 aliphatic rings. The van der Waals surface area contributed by atoms with Gasteiger partial charge in [0, 0.05) is 13.0 Å². The SMILES string of the molecule is CCOC(Cc1ccc(O)c2ccoc12)C(=O)O. The van der Waals surface area contributed by atoms with Crippen LogP contribution in [0.2, 0.25) is 0 Å². The lowest BCUT2D eigenvalue weighted by atomic mass is 10.0. The second-order valence-electron chi connectivity index (χ2n) is 3.89. The molecule has 96 valence electrons. The summed E-state index contributed by atoms with van der Waals surface area (Å²) in [7, 11) is 0. The average Bonchev–Trinajstić information content (AvgIpc) is 2.81. The van der Waals surface area contributed by atoms with Crippen molar-refractivity contribution in [1.82, 2.24) is 0 Å². The molecule has 0 aliphatic heterocycles. The number of phenols is 1. The Kier molecular flexibility index (Phi) is 3.53.